The van der Waals surface area contributed by atoms with Crippen LogP contribution in [-0.4, -0.2) is 55.8 Å². The molecule has 2 amide bonds. The largest absolute Gasteiger partial charge is 0.353 e. The van der Waals surface area contributed by atoms with E-state index < -0.39 is 22.0 Å². The van der Waals surface area contributed by atoms with Crippen LogP contribution in [0.2, 0.25) is 5.02 Å². The van der Waals surface area contributed by atoms with Crippen molar-refractivity contribution in [3.8, 4) is 0 Å². The third-order valence-electron chi connectivity index (χ3n) is 7.01. The van der Waals surface area contributed by atoms with Crippen LogP contribution in [-0.2, 0) is 32.5 Å². The van der Waals surface area contributed by atoms with E-state index in [-0.39, 0.29) is 41.9 Å². The van der Waals surface area contributed by atoms with E-state index >= 15 is 0 Å². The molecule has 2 aliphatic rings. The molecular weight excluding hydrogens is 524 g/mol. The minimum Gasteiger partial charge on any atom is -0.353 e. The van der Waals surface area contributed by atoms with Crippen molar-refractivity contribution in [3.05, 3.63) is 64.2 Å². The summed E-state index contributed by atoms with van der Waals surface area (Å²) >= 11 is 5.92. The lowest BCUT2D eigenvalue weighted by Gasteiger charge is -2.34. The van der Waals surface area contributed by atoms with Crippen LogP contribution >= 0.6 is 11.6 Å². The molecule has 38 heavy (non-hydrogen) atoms. The lowest BCUT2D eigenvalue weighted by Crippen LogP contribution is -2.58. The molecule has 0 unspecified atom stereocenters. The van der Waals surface area contributed by atoms with Crippen LogP contribution in [0.1, 0.15) is 62.8 Å². The minimum atomic E-state index is -3.98. The van der Waals surface area contributed by atoms with Crippen molar-refractivity contribution in [1.82, 2.24) is 20.3 Å². The number of benzene rings is 2. The van der Waals surface area contributed by atoms with Gasteiger partial charge in [-0.05, 0) is 94.0 Å². The molecular formula is C28H37ClN4O4S. The Morgan fingerprint density at radius 3 is 2.61 bits per heavy atom. The number of amides is 2. The van der Waals surface area contributed by atoms with Crippen molar-refractivity contribution in [2.45, 2.75) is 75.4 Å². The fourth-order valence-corrected chi connectivity index (χ4v) is 6.82. The average molecular weight is 561 g/mol. The number of aryl methyl sites for hydroxylation is 1. The number of nitrogens with zero attached hydrogens (tertiary/aromatic N) is 1. The van der Waals surface area contributed by atoms with Gasteiger partial charge in [0.2, 0.25) is 21.8 Å². The maximum atomic E-state index is 13.3. The molecule has 2 aromatic carbocycles. The van der Waals surface area contributed by atoms with E-state index in [1.807, 2.05) is 0 Å². The van der Waals surface area contributed by atoms with Gasteiger partial charge in [-0.25, -0.2) is 8.42 Å². The standard InChI is InChI=1S/C28H37ClN4O4S/c1-28(2,3)31-14-13-19-7-12-23-20(17-19)5-4-6-24(23)32-26(34)18-25-27(35)30-15-16-33(25)38(36,37)22-10-8-21(29)9-11-22/h7-12,17,24-25,31H,4-6,13-16,18H2,1-3H3,(H,30,35)(H,32,34)/t24-,25-/m1/s1. The van der Waals surface area contributed by atoms with Gasteiger partial charge in [-0.2, -0.15) is 4.31 Å². The first-order valence-electron chi connectivity index (χ1n) is 13.2. The maximum absolute atomic E-state index is 13.3. The van der Waals surface area contributed by atoms with E-state index in [1.165, 1.54) is 35.4 Å². The van der Waals surface area contributed by atoms with Gasteiger partial charge in [0.25, 0.3) is 0 Å². The van der Waals surface area contributed by atoms with Gasteiger partial charge in [-0.3, -0.25) is 9.59 Å². The highest BCUT2D eigenvalue weighted by atomic mass is 35.5. The molecule has 0 radical (unpaired) electrons. The second kappa shape index (κ2) is 11.7. The summed E-state index contributed by atoms with van der Waals surface area (Å²) in [6, 6.07) is 11.0. The number of hydrogen-bond donors (Lipinski definition) is 3. The normalized spacial score (nSPS) is 20.5. The van der Waals surface area contributed by atoms with Gasteiger partial charge < -0.3 is 16.0 Å². The second-order valence-electron chi connectivity index (χ2n) is 11.1. The van der Waals surface area contributed by atoms with Crippen LogP contribution in [0, 0.1) is 0 Å². The number of carbonyl (C=O) groups is 2. The topological polar surface area (TPSA) is 108 Å². The second-order valence-corrected chi connectivity index (χ2v) is 13.4. The van der Waals surface area contributed by atoms with E-state index in [0.717, 1.165) is 42.1 Å². The predicted octanol–water partition coefficient (Wildman–Crippen LogP) is 3.34. The van der Waals surface area contributed by atoms with Crippen LogP contribution in [0.25, 0.3) is 0 Å². The Hall–Kier alpha value is -2.46. The fraction of sp³-hybridized carbons (Fsp3) is 0.500. The van der Waals surface area contributed by atoms with Crippen molar-refractivity contribution in [2.24, 2.45) is 0 Å². The van der Waals surface area contributed by atoms with E-state index in [2.05, 4.69) is 54.9 Å². The number of rotatable bonds is 8. The van der Waals surface area contributed by atoms with Gasteiger partial charge in [0.1, 0.15) is 6.04 Å². The first kappa shape index (κ1) is 28.5. The summed E-state index contributed by atoms with van der Waals surface area (Å²) in [4.78, 5) is 25.9. The summed E-state index contributed by atoms with van der Waals surface area (Å²) in [5.41, 5.74) is 3.66. The molecule has 3 N–H and O–H groups in total. The number of nitrogens with one attached hydrogen (secondary N) is 3. The van der Waals surface area contributed by atoms with Crippen molar-refractivity contribution in [2.75, 3.05) is 19.6 Å². The van der Waals surface area contributed by atoms with E-state index in [1.54, 1.807) is 0 Å². The molecule has 1 heterocycles. The van der Waals surface area contributed by atoms with Crippen LogP contribution in [0.4, 0.5) is 0 Å². The third kappa shape index (κ3) is 6.94. The molecule has 0 spiro atoms. The van der Waals surface area contributed by atoms with Crippen LogP contribution in [0.5, 0.6) is 0 Å². The first-order valence-corrected chi connectivity index (χ1v) is 15.0. The molecule has 8 nitrogen and oxygen atoms in total. The van der Waals surface area contributed by atoms with Crippen LogP contribution < -0.4 is 16.0 Å². The number of fused-ring (bicyclic) bond motifs is 1. The highest BCUT2D eigenvalue weighted by Gasteiger charge is 2.40. The molecule has 4 rings (SSSR count). The zero-order valence-corrected chi connectivity index (χ0v) is 23.8. The highest BCUT2D eigenvalue weighted by Crippen LogP contribution is 2.31. The summed E-state index contributed by atoms with van der Waals surface area (Å²) in [7, 11) is -3.98. The summed E-state index contributed by atoms with van der Waals surface area (Å²) in [6.45, 7) is 7.62. The van der Waals surface area contributed by atoms with Gasteiger partial charge in [0, 0.05) is 23.7 Å². The smallest absolute Gasteiger partial charge is 0.243 e. The quantitative estimate of drug-likeness (QED) is 0.459. The highest BCUT2D eigenvalue weighted by molar-refractivity contribution is 7.89. The van der Waals surface area contributed by atoms with E-state index in [9.17, 15) is 18.0 Å². The van der Waals surface area contributed by atoms with Gasteiger partial charge >= 0.3 is 0 Å². The Kier molecular flexibility index (Phi) is 8.82. The molecule has 1 fully saturated rings. The Bertz CT molecular complexity index is 1270. The number of piperazine rings is 1. The minimum absolute atomic E-state index is 0.0386. The summed E-state index contributed by atoms with van der Waals surface area (Å²) in [5.74, 6) is -0.818. The van der Waals surface area contributed by atoms with E-state index in [0.29, 0.717) is 5.02 Å². The molecule has 2 aromatic rings. The van der Waals surface area contributed by atoms with Crippen LogP contribution in [0.3, 0.4) is 0 Å². The molecule has 0 bridgehead atoms. The van der Waals surface area contributed by atoms with Crippen LogP contribution in [0.15, 0.2) is 47.4 Å². The molecule has 10 heteroatoms. The lowest BCUT2D eigenvalue weighted by molar-refractivity contribution is -0.132. The van der Waals surface area contributed by atoms with Gasteiger partial charge in [0.15, 0.2) is 0 Å². The molecule has 206 valence electrons. The lowest BCUT2D eigenvalue weighted by atomic mass is 9.86. The van der Waals surface area contributed by atoms with Crippen molar-refractivity contribution in [1.29, 1.82) is 0 Å². The van der Waals surface area contributed by atoms with Gasteiger partial charge in [-0.1, -0.05) is 29.8 Å². The number of carbonyl (C=O) groups excluding carboxylic acids is 2. The number of halogens is 1. The van der Waals surface area contributed by atoms with Crippen molar-refractivity contribution in [3.63, 3.8) is 0 Å². The fourth-order valence-electron chi connectivity index (χ4n) is 5.10. The molecule has 1 aliphatic heterocycles. The molecule has 1 aliphatic carbocycles. The number of hydrogen-bond acceptors (Lipinski definition) is 5. The molecule has 2 atom stereocenters. The zero-order valence-electron chi connectivity index (χ0n) is 22.2. The monoisotopic (exact) mass is 560 g/mol. The molecule has 0 aromatic heterocycles. The summed E-state index contributed by atoms with van der Waals surface area (Å²) in [6.07, 6.45) is 3.38. The Morgan fingerprint density at radius 2 is 1.89 bits per heavy atom. The Balaban J connectivity index is 1.44. The van der Waals surface area contributed by atoms with Gasteiger partial charge in [0.05, 0.1) is 17.4 Å². The maximum Gasteiger partial charge on any atom is 0.243 e. The Morgan fingerprint density at radius 1 is 1.16 bits per heavy atom. The number of sulfonamides is 1. The van der Waals surface area contributed by atoms with Crippen molar-refractivity contribution < 1.29 is 18.0 Å². The summed E-state index contributed by atoms with van der Waals surface area (Å²) in [5, 5.41) is 9.70. The first-order chi connectivity index (χ1) is 17.9. The van der Waals surface area contributed by atoms with E-state index in [4.69, 9.17) is 11.6 Å². The zero-order chi connectivity index (χ0) is 27.5. The van der Waals surface area contributed by atoms with Gasteiger partial charge in [-0.15, -0.1) is 0 Å². The summed E-state index contributed by atoms with van der Waals surface area (Å²) < 4.78 is 27.8. The molecule has 0 saturated carbocycles. The third-order valence-corrected chi connectivity index (χ3v) is 9.18. The average Bonchev–Trinajstić information content (AvgIpc) is 2.85. The SMILES string of the molecule is CC(C)(C)NCCc1ccc2c(c1)CCC[C@H]2NC(=O)C[C@@H]1C(=O)NCCN1S(=O)(=O)c1ccc(Cl)cc1. The predicted molar refractivity (Wildman–Crippen MR) is 148 cm³/mol. The van der Waals surface area contributed by atoms with Crippen molar-refractivity contribution >= 4 is 33.4 Å². The Labute approximate surface area is 230 Å². The molecule has 1 saturated heterocycles.